The molecule has 0 aliphatic heterocycles. The van der Waals surface area contributed by atoms with Crippen LogP contribution in [-0.2, 0) is 8.85 Å². The lowest BCUT2D eigenvalue weighted by Gasteiger charge is -2.30. The van der Waals surface area contributed by atoms with Crippen LogP contribution in [0.4, 0.5) is 0 Å². The lowest BCUT2D eigenvalue weighted by Crippen LogP contribution is -2.41. The molecular weight excluding hydrogens is 168 g/mol. The van der Waals surface area contributed by atoms with Gasteiger partial charge < -0.3 is 8.85 Å². The normalized spacial score (nSPS) is 13.1. The lowest BCUT2D eigenvalue weighted by molar-refractivity contribution is 0.238. The summed E-state index contributed by atoms with van der Waals surface area (Å²) in [6.07, 6.45) is 0. The molecule has 0 aromatic heterocycles. The molecule has 0 unspecified atom stereocenters. The van der Waals surface area contributed by atoms with Gasteiger partial charge in [0.1, 0.15) is 0 Å². The highest BCUT2D eigenvalue weighted by Crippen LogP contribution is 2.28. The van der Waals surface area contributed by atoms with Gasteiger partial charge in [-0.2, -0.15) is 0 Å². The largest absolute Gasteiger partial charge is 0.395 e. The van der Waals surface area contributed by atoms with Crippen LogP contribution < -0.4 is 0 Å². The monoisotopic (exact) mass is 188 g/mol. The minimum atomic E-state index is -2.09. The van der Waals surface area contributed by atoms with Crippen molar-refractivity contribution in [2.24, 2.45) is 5.41 Å². The quantitative estimate of drug-likeness (QED) is 0.631. The highest BCUT2D eigenvalue weighted by Gasteiger charge is 2.36. The molecule has 0 saturated heterocycles. The fraction of sp³-hybridized carbons (Fsp3) is 0.778. The standard InChI is InChI=1S/C9H20O2Si/c1-7-12(10-5,11-6)8-9(2,3)4/h7H,1,8H2,2-6H3. The van der Waals surface area contributed by atoms with Crippen LogP contribution in [-0.4, -0.2) is 22.8 Å². The van der Waals surface area contributed by atoms with Crippen LogP contribution >= 0.6 is 0 Å². The van der Waals surface area contributed by atoms with Crippen molar-refractivity contribution in [2.75, 3.05) is 14.2 Å². The van der Waals surface area contributed by atoms with Crippen LogP contribution in [0, 0.1) is 5.41 Å². The maximum absolute atomic E-state index is 5.41. The smallest absolute Gasteiger partial charge is 0.364 e. The minimum Gasteiger partial charge on any atom is -0.395 e. The lowest BCUT2D eigenvalue weighted by atomic mass is 10.0. The molecule has 0 atom stereocenters. The molecule has 0 aliphatic carbocycles. The summed E-state index contributed by atoms with van der Waals surface area (Å²) in [7, 11) is 1.31. The van der Waals surface area contributed by atoms with Gasteiger partial charge in [-0.3, -0.25) is 0 Å². The van der Waals surface area contributed by atoms with Crippen LogP contribution in [0.2, 0.25) is 6.04 Å². The van der Waals surface area contributed by atoms with Gasteiger partial charge in [-0.25, -0.2) is 0 Å². The van der Waals surface area contributed by atoms with Crippen molar-refractivity contribution in [1.82, 2.24) is 0 Å². The molecule has 0 aromatic carbocycles. The van der Waals surface area contributed by atoms with Crippen molar-refractivity contribution in [3.05, 3.63) is 12.3 Å². The molecule has 0 spiro atoms. The molecule has 0 saturated carbocycles. The Bertz CT molecular complexity index is 145. The van der Waals surface area contributed by atoms with E-state index in [4.69, 9.17) is 8.85 Å². The first-order valence-corrected chi connectivity index (χ1v) is 6.23. The van der Waals surface area contributed by atoms with Crippen LogP contribution in [0.25, 0.3) is 0 Å². The Morgan fingerprint density at radius 3 is 1.75 bits per heavy atom. The molecule has 0 N–H and O–H groups in total. The van der Waals surface area contributed by atoms with E-state index in [1.54, 1.807) is 14.2 Å². The maximum Gasteiger partial charge on any atom is 0.364 e. The van der Waals surface area contributed by atoms with Gasteiger partial charge in [0.2, 0.25) is 0 Å². The van der Waals surface area contributed by atoms with Crippen molar-refractivity contribution in [3.8, 4) is 0 Å². The van der Waals surface area contributed by atoms with Gasteiger partial charge in [0.15, 0.2) is 0 Å². The Hall–Kier alpha value is -0.123. The predicted octanol–water partition coefficient (Wildman–Crippen LogP) is 2.49. The summed E-state index contributed by atoms with van der Waals surface area (Å²) in [4.78, 5) is 0. The first kappa shape index (κ1) is 11.9. The highest BCUT2D eigenvalue weighted by atomic mass is 28.4. The summed E-state index contributed by atoms with van der Waals surface area (Å²) >= 11 is 0. The van der Waals surface area contributed by atoms with Gasteiger partial charge >= 0.3 is 8.56 Å². The molecule has 0 heterocycles. The molecule has 0 aliphatic rings. The second-order valence-corrected chi connectivity index (χ2v) is 7.36. The molecular formula is C9H20O2Si. The van der Waals surface area contributed by atoms with Gasteiger partial charge in [-0.05, 0) is 17.2 Å². The Kier molecular flexibility index (Phi) is 4.17. The Morgan fingerprint density at radius 1 is 1.25 bits per heavy atom. The van der Waals surface area contributed by atoms with Crippen molar-refractivity contribution >= 4 is 8.56 Å². The van der Waals surface area contributed by atoms with Gasteiger partial charge in [-0.15, -0.1) is 6.58 Å². The molecule has 0 fully saturated rings. The van der Waals surface area contributed by atoms with E-state index >= 15 is 0 Å². The Balaban J connectivity index is 4.41. The van der Waals surface area contributed by atoms with Crippen molar-refractivity contribution < 1.29 is 8.85 Å². The maximum atomic E-state index is 5.41. The Morgan fingerprint density at radius 2 is 1.67 bits per heavy atom. The second kappa shape index (κ2) is 4.21. The van der Waals surface area contributed by atoms with E-state index in [1.165, 1.54) is 0 Å². The number of rotatable bonds is 4. The zero-order chi connectivity index (χ0) is 9.83. The second-order valence-electron chi connectivity index (χ2n) is 4.16. The van der Waals surface area contributed by atoms with E-state index < -0.39 is 8.56 Å². The zero-order valence-corrected chi connectivity index (χ0v) is 9.81. The number of hydrogen-bond donors (Lipinski definition) is 0. The summed E-state index contributed by atoms with van der Waals surface area (Å²) < 4.78 is 10.8. The molecule has 2 nitrogen and oxygen atoms in total. The number of hydrogen-bond acceptors (Lipinski definition) is 2. The topological polar surface area (TPSA) is 18.5 Å². The van der Waals surface area contributed by atoms with Crippen molar-refractivity contribution in [2.45, 2.75) is 26.8 Å². The molecule has 0 radical (unpaired) electrons. The molecule has 0 amide bonds. The first-order chi connectivity index (χ1) is 5.39. The van der Waals surface area contributed by atoms with E-state index in [0.29, 0.717) is 0 Å². The minimum absolute atomic E-state index is 0.229. The van der Waals surface area contributed by atoms with E-state index in [2.05, 4.69) is 27.4 Å². The molecule has 0 aromatic rings. The first-order valence-electron chi connectivity index (χ1n) is 4.13. The Labute approximate surface area is 76.8 Å². The molecule has 3 heteroatoms. The van der Waals surface area contributed by atoms with Gasteiger partial charge in [0.25, 0.3) is 0 Å². The average molecular weight is 188 g/mol. The third-order valence-corrected chi connectivity index (χ3v) is 5.34. The van der Waals surface area contributed by atoms with E-state index in [1.807, 2.05) is 5.70 Å². The van der Waals surface area contributed by atoms with Gasteiger partial charge in [-0.1, -0.05) is 20.8 Å². The SMILES string of the molecule is C=C[Si](CC(C)(C)C)(OC)OC. The van der Waals surface area contributed by atoms with Gasteiger partial charge in [0.05, 0.1) is 0 Å². The molecule has 0 bridgehead atoms. The third kappa shape index (κ3) is 3.52. The summed E-state index contributed by atoms with van der Waals surface area (Å²) in [5.41, 5.74) is 2.07. The zero-order valence-electron chi connectivity index (χ0n) is 8.81. The molecule has 0 rings (SSSR count). The van der Waals surface area contributed by atoms with Crippen LogP contribution in [0.5, 0.6) is 0 Å². The fourth-order valence-corrected chi connectivity index (χ4v) is 3.62. The van der Waals surface area contributed by atoms with Gasteiger partial charge in [0, 0.05) is 14.2 Å². The summed E-state index contributed by atoms with van der Waals surface area (Å²) in [5, 5.41) is 0. The van der Waals surface area contributed by atoms with E-state index in [-0.39, 0.29) is 5.41 Å². The predicted molar refractivity (Wildman–Crippen MR) is 54.2 cm³/mol. The van der Waals surface area contributed by atoms with E-state index in [0.717, 1.165) is 6.04 Å². The van der Waals surface area contributed by atoms with Crippen molar-refractivity contribution in [1.29, 1.82) is 0 Å². The summed E-state index contributed by atoms with van der Waals surface area (Å²) in [6.45, 7) is 10.3. The summed E-state index contributed by atoms with van der Waals surface area (Å²) in [5.74, 6) is 0. The van der Waals surface area contributed by atoms with Crippen LogP contribution in [0.3, 0.4) is 0 Å². The van der Waals surface area contributed by atoms with Crippen LogP contribution in [0.15, 0.2) is 12.3 Å². The van der Waals surface area contributed by atoms with E-state index in [9.17, 15) is 0 Å². The molecule has 72 valence electrons. The fourth-order valence-electron chi connectivity index (χ4n) is 1.21. The highest BCUT2D eigenvalue weighted by molar-refractivity contribution is 6.72. The molecule has 12 heavy (non-hydrogen) atoms. The average Bonchev–Trinajstić information content (AvgIpc) is 1.99. The third-order valence-electron chi connectivity index (χ3n) is 1.78. The van der Waals surface area contributed by atoms with Crippen LogP contribution in [0.1, 0.15) is 20.8 Å². The van der Waals surface area contributed by atoms with Crippen molar-refractivity contribution in [3.63, 3.8) is 0 Å². The summed E-state index contributed by atoms with van der Waals surface area (Å²) in [6, 6.07) is 0.941.